The normalized spacial score (nSPS) is 14.3. The van der Waals surface area contributed by atoms with Crippen LogP contribution in [0.15, 0.2) is 48.8 Å². The molecule has 0 amide bonds. The van der Waals surface area contributed by atoms with E-state index in [1.54, 1.807) is 12.1 Å². The van der Waals surface area contributed by atoms with E-state index >= 15 is 0 Å². The second-order valence-electron chi connectivity index (χ2n) is 7.95. The Morgan fingerprint density at radius 3 is 2.54 bits per heavy atom. The molecular weight excluding hydrogens is 489 g/mol. The summed E-state index contributed by atoms with van der Waals surface area (Å²) in [4.78, 5) is 22.2. The predicted molar refractivity (Wildman–Crippen MR) is 122 cm³/mol. The first kappa shape index (κ1) is 24.6. The summed E-state index contributed by atoms with van der Waals surface area (Å²) >= 11 is 6.26. The maximum Gasteiger partial charge on any atom is 0.573 e. The lowest BCUT2D eigenvalue weighted by Gasteiger charge is -2.36. The van der Waals surface area contributed by atoms with Gasteiger partial charge in [-0.2, -0.15) is 0 Å². The third-order valence-corrected chi connectivity index (χ3v) is 5.55. The predicted octanol–water partition coefficient (Wildman–Crippen LogP) is 4.70. The fourth-order valence-corrected chi connectivity index (χ4v) is 3.74. The van der Waals surface area contributed by atoms with E-state index in [1.165, 1.54) is 36.7 Å². The van der Waals surface area contributed by atoms with Crippen molar-refractivity contribution in [2.24, 2.45) is 0 Å². The third-order valence-electron chi connectivity index (χ3n) is 5.16. The highest BCUT2D eigenvalue weighted by Crippen LogP contribution is 2.35. The monoisotopic (exact) mass is 508 g/mol. The van der Waals surface area contributed by atoms with Gasteiger partial charge in [0, 0.05) is 37.6 Å². The molecule has 1 aliphatic heterocycles. The molecule has 0 radical (unpaired) electrons. The molecule has 1 fully saturated rings. The quantitative estimate of drug-likeness (QED) is 0.452. The first-order valence-corrected chi connectivity index (χ1v) is 10.8. The molecule has 0 bridgehead atoms. The molecule has 0 saturated carbocycles. The van der Waals surface area contributed by atoms with Crippen molar-refractivity contribution in [1.82, 2.24) is 14.9 Å². The highest BCUT2D eigenvalue weighted by molar-refractivity contribution is 6.35. The van der Waals surface area contributed by atoms with Crippen molar-refractivity contribution in [2.45, 2.75) is 19.0 Å². The number of anilines is 1. The number of halogens is 4. The van der Waals surface area contributed by atoms with Crippen LogP contribution in [0.1, 0.15) is 15.9 Å². The van der Waals surface area contributed by atoms with Gasteiger partial charge in [0.2, 0.25) is 5.95 Å². The number of carboxylic acids is 1. The van der Waals surface area contributed by atoms with E-state index in [1.807, 2.05) is 7.05 Å². The maximum absolute atomic E-state index is 12.4. The highest BCUT2D eigenvalue weighted by Gasteiger charge is 2.31. The number of benzene rings is 2. The lowest BCUT2D eigenvalue weighted by atomic mass is 10.0. The molecular formula is C23H20ClF3N4O4. The average molecular weight is 509 g/mol. The minimum atomic E-state index is -4.77. The minimum Gasteiger partial charge on any atom is -0.486 e. The van der Waals surface area contributed by atoms with Gasteiger partial charge in [0.1, 0.15) is 17.6 Å². The van der Waals surface area contributed by atoms with Crippen LogP contribution >= 0.6 is 11.6 Å². The number of likely N-dealkylation sites (tertiary alicyclic amines) is 1. The summed E-state index contributed by atoms with van der Waals surface area (Å²) in [6, 6.07) is 8.61. The Morgan fingerprint density at radius 2 is 1.91 bits per heavy atom. The number of likely N-dealkylation sites (N-methyl/N-ethyl adjacent to an activating group) is 1. The molecule has 184 valence electrons. The minimum absolute atomic E-state index is 0.0201. The van der Waals surface area contributed by atoms with Crippen molar-refractivity contribution in [2.75, 3.05) is 25.5 Å². The Bertz CT molecular complexity index is 1220. The van der Waals surface area contributed by atoms with Crippen molar-refractivity contribution >= 4 is 23.5 Å². The van der Waals surface area contributed by atoms with Crippen molar-refractivity contribution < 1.29 is 32.5 Å². The van der Waals surface area contributed by atoms with Gasteiger partial charge in [-0.1, -0.05) is 23.7 Å². The zero-order chi connectivity index (χ0) is 25.2. The topological polar surface area (TPSA) is 96.8 Å². The van der Waals surface area contributed by atoms with E-state index < -0.39 is 12.3 Å². The SMILES string of the molecule is CN1CC(Oc2cc(-c3cnc(NCc4cccc(OC(F)(F)F)c4)nc3)cc(C(=O)O)c2Cl)C1. The van der Waals surface area contributed by atoms with Crippen molar-refractivity contribution in [1.29, 1.82) is 0 Å². The number of aromatic carboxylic acids is 1. The maximum atomic E-state index is 12.4. The van der Waals surface area contributed by atoms with Crippen LogP contribution < -0.4 is 14.8 Å². The molecule has 1 aromatic heterocycles. The summed E-state index contributed by atoms with van der Waals surface area (Å²) in [7, 11) is 1.94. The molecule has 8 nitrogen and oxygen atoms in total. The lowest BCUT2D eigenvalue weighted by molar-refractivity contribution is -0.274. The molecule has 1 aliphatic rings. The fraction of sp³-hybridized carbons (Fsp3) is 0.261. The van der Waals surface area contributed by atoms with E-state index in [2.05, 4.69) is 24.9 Å². The number of nitrogens with one attached hydrogen (secondary N) is 1. The standard InChI is InChI=1S/C23H20ClF3N4O4/c1-31-11-17(12-31)34-19-7-14(6-18(20(19)24)21(32)33)15-9-29-22(30-10-15)28-8-13-3-2-4-16(5-13)35-23(25,26)27/h2-7,9-10,17H,8,11-12H2,1H3,(H,32,33)(H,28,29,30). The second-order valence-corrected chi connectivity index (χ2v) is 8.32. The van der Waals surface area contributed by atoms with Gasteiger partial charge >= 0.3 is 12.3 Å². The van der Waals surface area contributed by atoms with Crippen molar-refractivity contribution in [3.8, 4) is 22.6 Å². The Balaban J connectivity index is 1.48. The van der Waals surface area contributed by atoms with Crippen LogP contribution in [0, 0.1) is 0 Å². The summed E-state index contributed by atoms with van der Waals surface area (Å²) in [6.07, 6.45) is -1.87. The van der Waals surface area contributed by atoms with Crippen LogP contribution in [0.5, 0.6) is 11.5 Å². The molecule has 4 rings (SSSR count). The number of aromatic nitrogens is 2. The summed E-state index contributed by atoms with van der Waals surface area (Å²) in [5, 5.41) is 12.5. The second kappa shape index (κ2) is 9.96. The first-order chi connectivity index (χ1) is 16.6. The Kier molecular flexibility index (Phi) is 6.99. The molecule has 2 heterocycles. The Morgan fingerprint density at radius 1 is 1.20 bits per heavy atom. The van der Waals surface area contributed by atoms with E-state index in [-0.39, 0.29) is 40.7 Å². The zero-order valence-electron chi connectivity index (χ0n) is 18.3. The number of carboxylic acid groups (broad SMARTS) is 1. The largest absolute Gasteiger partial charge is 0.573 e. The molecule has 2 N–H and O–H groups in total. The molecule has 0 atom stereocenters. The smallest absolute Gasteiger partial charge is 0.486 e. The molecule has 1 saturated heterocycles. The summed E-state index contributed by atoms with van der Waals surface area (Å²) < 4.78 is 47.0. The lowest BCUT2D eigenvalue weighted by Crippen LogP contribution is -2.51. The highest BCUT2D eigenvalue weighted by atomic mass is 35.5. The van der Waals surface area contributed by atoms with Gasteiger partial charge in [0.15, 0.2) is 0 Å². The first-order valence-electron chi connectivity index (χ1n) is 10.4. The van der Waals surface area contributed by atoms with Crippen LogP contribution in [0.2, 0.25) is 5.02 Å². The Labute approximate surface area is 203 Å². The van der Waals surface area contributed by atoms with E-state index in [4.69, 9.17) is 16.3 Å². The van der Waals surface area contributed by atoms with Gasteiger partial charge in [0.25, 0.3) is 0 Å². The van der Waals surface area contributed by atoms with Crippen LogP contribution in [-0.4, -0.2) is 58.5 Å². The fourth-order valence-electron chi connectivity index (χ4n) is 3.50. The van der Waals surface area contributed by atoms with Gasteiger partial charge in [-0.15, -0.1) is 13.2 Å². The number of alkyl halides is 3. The molecule has 0 unspecified atom stereocenters. The van der Waals surface area contributed by atoms with Crippen LogP contribution in [0.3, 0.4) is 0 Å². The Hall–Kier alpha value is -3.57. The van der Waals surface area contributed by atoms with Gasteiger partial charge in [0.05, 0.1) is 10.6 Å². The molecule has 12 heteroatoms. The van der Waals surface area contributed by atoms with Gasteiger partial charge in [-0.25, -0.2) is 14.8 Å². The van der Waals surface area contributed by atoms with Crippen LogP contribution in [0.25, 0.3) is 11.1 Å². The number of ether oxygens (including phenoxy) is 2. The van der Waals surface area contributed by atoms with Crippen LogP contribution in [-0.2, 0) is 6.54 Å². The number of rotatable bonds is 8. The third kappa shape index (κ3) is 6.31. The average Bonchev–Trinajstić information content (AvgIpc) is 2.77. The van der Waals surface area contributed by atoms with Crippen LogP contribution in [0.4, 0.5) is 19.1 Å². The number of hydrogen-bond acceptors (Lipinski definition) is 7. The number of nitrogens with zero attached hydrogens (tertiary/aromatic N) is 3. The molecule has 2 aromatic carbocycles. The van der Waals surface area contributed by atoms with E-state index in [9.17, 15) is 23.1 Å². The molecule has 0 aliphatic carbocycles. The van der Waals surface area contributed by atoms with Gasteiger partial charge in [-0.05, 0) is 42.4 Å². The van der Waals surface area contributed by atoms with Crippen molar-refractivity contribution in [3.63, 3.8) is 0 Å². The molecule has 35 heavy (non-hydrogen) atoms. The summed E-state index contributed by atoms with van der Waals surface area (Å²) in [5.41, 5.74) is 1.48. The molecule has 0 spiro atoms. The van der Waals surface area contributed by atoms with Gasteiger partial charge in [-0.3, -0.25) is 4.90 Å². The van der Waals surface area contributed by atoms with Crippen molar-refractivity contribution in [3.05, 3.63) is 64.9 Å². The van der Waals surface area contributed by atoms with E-state index in [0.717, 1.165) is 0 Å². The van der Waals surface area contributed by atoms with E-state index in [0.29, 0.717) is 29.8 Å². The molecule has 3 aromatic rings. The number of hydrogen-bond donors (Lipinski definition) is 2. The zero-order valence-corrected chi connectivity index (χ0v) is 19.1. The number of carbonyl (C=O) groups is 1. The van der Waals surface area contributed by atoms with Gasteiger partial charge < -0.3 is 19.9 Å². The summed E-state index contributed by atoms with van der Waals surface area (Å²) in [6.45, 7) is 1.57. The summed E-state index contributed by atoms with van der Waals surface area (Å²) in [5.74, 6) is -1.01.